The van der Waals surface area contributed by atoms with E-state index in [0.29, 0.717) is 11.1 Å². The first-order chi connectivity index (χ1) is 12.7. The molecule has 0 saturated heterocycles. The number of rotatable bonds is 8. The molecule has 1 aromatic carbocycles. The number of carbonyl (C=O) groups is 1. The fourth-order valence-corrected chi connectivity index (χ4v) is 3.07. The van der Waals surface area contributed by atoms with Crippen LogP contribution in [0.3, 0.4) is 0 Å². The Morgan fingerprint density at radius 3 is 2.37 bits per heavy atom. The molecule has 2 aromatic rings. The first-order valence-electron chi connectivity index (χ1n) is 9.00. The first-order valence-corrected chi connectivity index (χ1v) is 9.99. The van der Waals surface area contributed by atoms with Crippen molar-refractivity contribution in [2.75, 3.05) is 19.8 Å². The molecule has 148 valence electrons. The van der Waals surface area contributed by atoms with E-state index in [2.05, 4.69) is 29.4 Å². The lowest BCUT2D eigenvalue weighted by Gasteiger charge is -2.20. The molecule has 0 fully saturated rings. The Bertz CT molecular complexity index is 760. The number of amides is 1. The number of hydrogen-bond acceptors (Lipinski definition) is 5. The maximum atomic E-state index is 13.3. The first kappa shape index (κ1) is 21.4. The van der Waals surface area contributed by atoms with Gasteiger partial charge in [-0.25, -0.2) is 4.39 Å². The van der Waals surface area contributed by atoms with Crippen LogP contribution in [0.4, 0.5) is 4.39 Å². The lowest BCUT2D eigenvalue weighted by atomic mass is 10.1. The van der Waals surface area contributed by atoms with Gasteiger partial charge in [0.1, 0.15) is 5.82 Å². The smallest absolute Gasteiger partial charge is 0.230 e. The Labute approximate surface area is 164 Å². The van der Waals surface area contributed by atoms with Crippen LogP contribution in [0.25, 0.3) is 5.69 Å². The fraction of sp³-hybridized carbons (Fsp3) is 0.526. The van der Waals surface area contributed by atoms with Crippen molar-refractivity contribution in [3.63, 3.8) is 0 Å². The molecular formula is C19H28FN5OS. The summed E-state index contributed by atoms with van der Waals surface area (Å²) in [6.45, 7) is 8.15. The van der Waals surface area contributed by atoms with Crippen molar-refractivity contribution >= 4 is 17.7 Å². The maximum Gasteiger partial charge on any atom is 0.230 e. The molecule has 6 nitrogen and oxygen atoms in total. The highest BCUT2D eigenvalue weighted by Crippen LogP contribution is 2.26. The zero-order valence-electron chi connectivity index (χ0n) is 16.7. The van der Waals surface area contributed by atoms with Crippen molar-refractivity contribution in [1.82, 2.24) is 25.0 Å². The number of nitrogens with one attached hydrogen (secondary N) is 1. The van der Waals surface area contributed by atoms with Gasteiger partial charge in [-0.05, 0) is 58.1 Å². The monoisotopic (exact) mass is 393 g/mol. The van der Waals surface area contributed by atoms with Crippen molar-refractivity contribution < 1.29 is 9.18 Å². The minimum Gasteiger partial charge on any atom is -0.353 e. The van der Waals surface area contributed by atoms with E-state index in [-0.39, 0.29) is 29.6 Å². The summed E-state index contributed by atoms with van der Waals surface area (Å²) in [5, 5.41) is 12.2. The predicted octanol–water partition coefficient (Wildman–Crippen LogP) is 3.28. The van der Waals surface area contributed by atoms with Crippen LogP contribution in [0.15, 0.2) is 29.4 Å². The lowest BCUT2D eigenvalue weighted by Crippen LogP contribution is -2.37. The SMILES string of the molecule is CC(C)[C@@H](C)NC(=O)CSc1nnc([C@@H](C)N(C)C)n1-c1ccc(F)cc1. The van der Waals surface area contributed by atoms with Crippen molar-refractivity contribution in [3.05, 3.63) is 35.9 Å². The van der Waals surface area contributed by atoms with Gasteiger partial charge in [0.2, 0.25) is 5.91 Å². The van der Waals surface area contributed by atoms with Crippen LogP contribution >= 0.6 is 11.8 Å². The van der Waals surface area contributed by atoms with Crippen molar-refractivity contribution in [3.8, 4) is 5.69 Å². The van der Waals surface area contributed by atoms with Gasteiger partial charge in [0.15, 0.2) is 11.0 Å². The Morgan fingerprint density at radius 1 is 1.19 bits per heavy atom. The second kappa shape index (κ2) is 9.32. The average molecular weight is 394 g/mol. The third-order valence-corrected chi connectivity index (χ3v) is 5.54. The van der Waals surface area contributed by atoms with Crippen LogP contribution < -0.4 is 5.32 Å². The molecule has 0 spiro atoms. The molecule has 0 bridgehead atoms. The fourth-order valence-electron chi connectivity index (χ4n) is 2.30. The van der Waals surface area contributed by atoms with Crippen LogP contribution in [0.1, 0.15) is 39.6 Å². The topological polar surface area (TPSA) is 63.1 Å². The van der Waals surface area contributed by atoms with Crippen LogP contribution in [0.2, 0.25) is 0 Å². The average Bonchev–Trinajstić information content (AvgIpc) is 3.03. The van der Waals surface area contributed by atoms with Crippen LogP contribution in [-0.2, 0) is 4.79 Å². The van der Waals surface area contributed by atoms with E-state index in [1.54, 1.807) is 12.1 Å². The minimum atomic E-state index is -0.301. The standard InChI is InChI=1S/C19H28FN5OS/c1-12(2)13(3)21-17(26)11-27-19-23-22-18(14(4)24(5)6)25(19)16-9-7-15(20)8-10-16/h7-10,12-14H,11H2,1-6H3,(H,21,26)/t13-,14-/m1/s1. The summed E-state index contributed by atoms with van der Waals surface area (Å²) in [6.07, 6.45) is 0. The molecule has 1 heterocycles. The molecule has 0 aliphatic rings. The Kier molecular flexibility index (Phi) is 7.38. The molecule has 27 heavy (non-hydrogen) atoms. The zero-order valence-corrected chi connectivity index (χ0v) is 17.5. The molecule has 2 atom stereocenters. The molecule has 1 amide bonds. The summed E-state index contributed by atoms with van der Waals surface area (Å²) in [4.78, 5) is 14.2. The quantitative estimate of drug-likeness (QED) is 0.698. The molecular weight excluding hydrogens is 365 g/mol. The summed E-state index contributed by atoms with van der Waals surface area (Å²) in [5.41, 5.74) is 0.767. The van der Waals surface area contributed by atoms with E-state index < -0.39 is 0 Å². The molecule has 0 radical (unpaired) electrons. The van der Waals surface area contributed by atoms with E-state index >= 15 is 0 Å². The highest BCUT2D eigenvalue weighted by Gasteiger charge is 2.22. The maximum absolute atomic E-state index is 13.3. The van der Waals surface area contributed by atoms with Gasteiger partial charge < -0.3 is 5.32 Å². The molecule has 0 unspecified atom stereocenters. The van der Waals surface area contributed by atoms with Gasteiger partial charge in [-0.15, -0.1) is 10.2 Å². The van der Waals surface area contributed by atoms with Crippen molar-refractivity contribution in [2.24, 2.45) is 5.92 Å². The summed E-state index contributed by atoms with van der Waals surface area (Å²) < 4.78 is 15.2. The summed E-state index contributed by atoms with van der Waals surface area (Å²) in [5.74, 6) is 1.01. The number of thioether (sulfide) groups is 1. The second-order valence-corrected chi connectivity index (χ2v) is 8.12. The van der Waals surface area contributed by atoms with Gasteiger partial charge in [0.05, 0.1) is 11.8 Å². The third-order valence-electron chi connectivity index (χ3n) is 4.61. The van der Waals surface area contributed by atoms with E-state index in [0.717, 1.165) is 11.5 Å². The summed E-state index contributed by atoms with van der Waals surface area (Å²) >= 11 is 1.32. The zero-order chi connectivity index (χ0) is 20.1. The van der Waals surface area contributed by atoms with Crippen molar-refractivity contribution in [2.45, 2.75) is 44.9 Å². The van der Waals surface area contributed by atoms with E-state index in [4.69, 9.17) is 0 Å². The van der Waals surface area contributed by atoms with Gasteiger partial charge in [-0.3, -0.25) is 14.3 Å². The van der Waals surface area contributed by atoms with Gasteiger partial charge >= 0.3 is 0 Å². The number of hydrogen-bond donors (Lipinski definition) is 1. The van der Waals surface area contributed by atoms with Gasteiger partial charge in [-0.2, -0.15) is 0 Å². The highest BCUT2D eigenvalue weighted by atomic mass is 32.2. The van der Waals surface area contributed by atoms with E-state index in [9.17, 15) is 9.18 Å². The van der Waals surface area contributed by atoms with Crippen LogP contribution in [0.5, 0.6) is 0 Å². The summed E-state index contributed by atoms with van der Waals surface area (Å²) in [7, 11) is 3.92. The number of benzene rings is 1. The predicted molar refractivity (Wildman–Crippen MR) is 107 cm³/mol. The molecule has 1 N–H and O–H groups in total. The molecule has 0 saturated carbocycles. The van der Waals surface area contributed by atoms with E-state index in [1.807, 2.05) is 37.4 Å². The van der Waals surface area contributed by atoms with Crippen LogP contribution in [-0.4, -0.2) is 51.5 Å². The normalized spacial score (nSPS) is 13.8. The number of carbonyl (C=O) groups excluding carboxylic acids is 1. The van der Waals surface area contributed by atoms with E-state index in [1.165, 1.54) is 23.9 Å². The molecule has 0 aliphatic heterocycles. The number of nitrogens with zero attached hydrogens (tertiary/aromatic N) is 4. The van der Waals surface area contributed by atoms with Crippen LogP contribution in [0, 0.1) is 11.7 Å². The Morgan fingerprint density at radius 2 is 1.81 bits per heavy atom. The van der Waals surface area contributed by atoms with Gasteiger partial charge in [-0.1, -0.05) is 25.6 Å². The highest BCUT2D eigenvalue weighted by molar-refractivity contribution is 7.99. The van der Waals surface area contributed by atoms with Crippen molar-refractivity contribution in [1.29, 1.82) is 0 Å². The Balaban J connectivity index is 2.26. The number of halogens is 1. The molecule has 8 heteroatoms. The molecule has 0 aliphatic carbocycles. The largest absolute Gasteiger partial charge is 0.353 e. The summed E-state index contributed by atoms with van der Waals surface area (Å²) in [6, 6.07) is 6.31. The Hall–Kier alpha value is -1.93. The number of aromatic nitrogens is 3. The minimum absolute atomic E-state index is 0.00620. The van der Waals surface area contributed by atoms with Gasteiger partial charge in [0.25, 0.3) is 0 Å². The second-order valence-electron chi connectivity index (χ2n) is 7.18. The molecule has 1 aromatic heterocycles. The van der Waals surface area contributed by atoms with Gasteiger partial charge in [0, 0.05) is 11.7 Å². The lowest BCUT2D eigenvalue weighted by molar-refractivity contribution is -0.119. The molecule has 2 rings (SSSR count). The third kappa shape index (κ3) is 5.52.